The molecule has 1 heterocycles. The number of para-hydroxylation sites is 1. The monoisotopic (exact) mass is 217 g/mol. The first-order chi connectivity index (χ1) is 7.81. The Bertz CT molecular complexity index is 465. The maximum absolute atomic E-state index is 5.73. The van der Waals surface area contributed by atoms with Crippen molar-refractivity contribution >= 4 is 0 Å². The van der Waals surface area contributed by atoms with Crippen LogP contribution < -0.4 is 4.74 Å². The summed E-state index contributed by atoms with van der Waals surface area (Å²) in [6.07, 6.45) is 2.64. The first-order valence-electron chi connectivity index (χ1n) is 5.35. The molecule has 0 aliphatic carbocycles. The molecule has 0 amide bonds. The van der Waals surface area contributed by atoms with E-state index >= 15 is 0 Å². The molecular formula is C12H15N3O. The summed E-state index contributed by atoms with van der Waals surface area (Å²) in [5.74, 6) is 1.75. The molecule has 0 atom stereocenters. The van der Waals surface area contributed by atoms with E-state index in [4.69, 9.17) is 4.74 Å². The molecule has 2 rings (SSSR count). The van der Waals surface area contributed by atoms with Gasteiger partial charge in [0.15, 0.2) is 5.82 Å². The van der Waals surface area contributed by atoms with Gasteiger partial charge in [-0.3, -0.25) is 0 Å². The van der Waals surface area contributed by atoms with Crippen LogP contribution in [0.1, 0.15) is 18.3 Å². The maximum Gasteiger partial charge on any atom is 0.170 e. The molecule has 2 aromatic rings. The van der Waals surface area contributed by atoms with E-state index in [-0.39, 0.29) is 0 Å². The Labute approximate surface area is 94.9 Å². The van der Waals surface area contributed by atoms with E-state index < -0.39 is 0 Å². The first kappa shape index (κ1) is 10.7. The SMILES string of the molecule is CCc1ccccc1OCc1nncn1C. The standard InChI is InChI=1S/C12H15N3O/c1-3-10-6-4-5-7-11(10)16-8-12-14-13-9-15(12)2/h4-7,9H,3,8H2,1-2H3. The van der Waals surface area contributed by atoms with Gasteiger partial charge < -0.3 is 9.30 Å². The lowest BCUT2D eigenvalue weighted by Crippen LogP contribution is -2.04. The fourth-order valence-corrected chi connectivity index (χ4v) is 1.52. The number of rotatable bonds is 4. The molecule has 4 heteroatoms. The summed E-state index contributed by atoms with van der Waals surface area (Å²) in [5.41, 5.74) is 1.21. The molecule has 0 saturated carbocycles. The van der Waals surface area contributed by atoms with Crippen molar-refractivity contribution in [2.45, 2.75) is 20.0 Å². The van der Waals surface area contributed by atoms with Gasteiger partial charge in [0.1, 0.15) is 18.7 Å². The van der Waals surface area contributed by atoms with Crippen LogP contribution in [0.3, 0.4) is 0 Å². The Kier molecular flexibility index (Phi) is 3.19. The molecule has 0 radical (unpaired) electrons. The smallest absolute Gasteiger partial charge is 0.170 e. The summed E-state index contributed by atoms with van der Waals surface area (Å²) in [4.78, 5) is 0. The minimum absolute atomic E-state index is 0.452. The van der Waals surface area contributed by atoms with Gasteiger partial charge in [0, 0.05) is 7.05 Å². The Balaban J connectivity index is 2.07. The third-order valence-corrected chi connectivity index (χ3v) is 2.52. The van der Waals surface area contributed by atoms with E-state index in [1.807, 2.05) is 29.8 Å². The number of ether oxygens (including phenoxy) is 1. The second kappa shape index (κ2) is 4.79. The van der Waals surface area contributed by atoms with Crippen molar-refractivity contribution < 1.29 is 4.74 Å². The number of benzene rings is 1. The highest BCUT2D eigenvalue weighted by atomic mass is 16.5. The molecule has 16 heavy (non-hydrogen) atoms. The van der Waals surface area contributed by atoms with Crippen molar-refractivity contribution in [1.29, 1.82) is 0 Å². The first-order valence-corrected chi connectivity index (χ1v) is 5.35. The van der Waals surface area contributed by atoms with Crippen molar-refractivity contribution in [2.24, 2.45) is 7.05 Å². The summed E-state index contributed by atoms with van der Waals surface area (Å²) in [6, 6.07) is 8.06. The van der Waals surface area contributed by atoms with Gasteiger partial charge in [0.25, 0.3) is 0 Å². The van der Waals surface area contributed by atoms with Gasteiger partial charge in [-0.1, -0.05) is 25.1 Å². The summed E-state index contributed by atoms with van der Waals surface area (Å²) in [5, 5.41) is 7.78. The Morgan fingerprint density at radius 1 is 1.31 bits per heavy atom. The van der Waals surface area contributed by atoms with E-state index in [2.05, 4.69) is 23.2 Å². The topological polar surface area (TPSA) is 39.9 Å². The lowest BCUT2D eigenvalue weighted by Gasteiger charge is -2.09. The molecule has 0 fully saturated rings. The molecule has 0 saturated heterocycles. The molecule has 1 aromatic carbocycles. The highest BCUT2D eigenvalue weighted by Gasteiger charge is 2.04. The summed E-state index contributed by atoms with van der Waals surface area (Å²) < 4.78 is 7.59. The van der Waals surface area contributed by atoms with Crippen molar-refractivity contribution in [3.05, 3.63) is 42.0 Å². The van der Waals surface area contributed by atoms with Crippen LogP contribution in [0.2, 0.25) is 0 Å². The predicted octanol–water partition coefficient (Wildman–Crippen LogP) is 1.96. The van der Waals surface area contributed by atoms with Crippen LogP contribution in [0.4, 0.5) is 0 Å². The lowest BCUT2D eigenvalue weighted by molar-refractivity contribution is 0.288. The fourth-order valence-electron chi connectivity index (χ4n) is 1.52. The largest absolute Gasteiger partial charge is 0.485 e. The predicted molar refractivity (Wildman–Crippen MR) is 61.2 cm³/mol. The van der Waals surface area contributed by atoms with Crippen molar-refractivity contribution in [3.63, 3.8) is 0 Å². The van der Waals surface area contributed by atoms with E-state index in [9.17, 15) is 0 Å². The van der Waals surface area contributed by atoms with Gasteiger partial charge >= 0.3 is 0 Å². The average Bonchev–Trinajstić information content (AvgIpc) is 2.72. The number of aryl methyl sites for hydroxylation is 2. The number of nitrogens with zero attached hydrogens (tertiary/aromatic N) is 3. The molecule has 0 spiro atoms. The Morgan fingerprint density at radius 3 is 2.81 bits per heavy atom. The van der Waals surface area contributed by atoms with Crippen LogP contribution in [0.15, 0.2) is 30.6 Å². The molecule has 1 aromatic heterocycles. The molecule has 4 nitrogen and oxygen atoms in total. The van der Waals surface area contributed by atoms with Gasteiger partial charge in [-0.25, -0.2) is 0 Å². The fraction of sp³-hybridized carbons (Fsp3) is 0.333. The summed E-state index contributed by atoms with van der Waals surface area (Å²) in [6.45, 7) is 2.57. The normalized spacial score (nSPS) is 10.4. The second-order valence-electron chi connectivity index (χ2n) is 3.61. The summed E-state index contributed by atoms with van der Waals surface area (Å²) >= 11 is 0. The van der Waals surface area contributed by atoms with Crippen molar-refractivity contribution in [1.82, 2.24) is 14.8 Å². The average molecular weight is 217 g/mol. The van der Waals surface area contributed by atoms with Crippen LogP contribution >= 0.6 is 0 Å². The van der Waals surface area contributed by atoms with E-state index in [1.54, 1.807) is 6.33 Å². The minimum atomic E-state index is 0.452. The van der Waals surface area contributed by atoms with Crippen LogP contribution in [0.25, 0.3) is 0 Å². The van der Waals surface area contributed by atoms with Gasteiger partial charge in [-0.15, -0.1) is 10.2 Å². The third-order valence-electron chi connectivity index (χ3n) is 2.52. The maximum atomic E-state index is 5.73. The molecule has 0 bridgehead atoms. The van der Waals surface area contributed by atoms with Gasteiger partial charge in [0.2, 0.25) is 0 Å². The van der Waals surface area contributed by atoms with Crippen LogP contribution in [-0.4, -0.2) is 14.8 Å². The Morgan fingerprint density at radius 2 is 2.12 bits per heavy atom. The number of hydrogen-bond donors (Lipinski definition) is 0. The second-order valence-corrected chi connectivity index (χ2v) is 3.61. The van der Waals surface area contributed by atoms with Crippen molar-refractivity contribution in [2.75, 3.05) is 0 Å². The highest BCUT2D eigenvalue weighted by Crippen LogP contribution is 2.19. The van der Waals surface area contributed by atoms with Crippen LogP contribution in [0.5, 0.6) is 5.75 Å². The molecule has 0 unspecified atom stereocenters. The van der Waals surface area contributed by atoms with Crippen LogP contribution in [0, 0.1) is 0 Å². The molecule has 0 aliphatic rings. The zero-order chi connectivity index (χ0) is 11.4. The zero-order valence-corrected chi connectivity index (χ0v) is 9.55. The third kappa shape index (κ3) is 2.21. The lowest BCUT2D eigenvalue weighted by atomic mass is 10.1. The van der Waals surface area contributed by atoms with E-state index in [0.717, 1.165) is 18.0 Å². The quantitative estimate of drug-likeness (QED) is 0.786. The summed E-state index contributed by atoms with van der Waals surface area (Å²) in [7, 11) is 1.91. The Hall–Kier alpha value is -1.84. The number of aromatic nitrogens is 3. The van der Waals surface area contributed by atoms with Crippen LogP contribution in [-0.2, 0) is 20.1 Å². The van der Waals surface area contributed by atoms with Gasteiger partial charge in [-0.05, 0) is 18.1 Å². The van der Waals surface area contributed by atoms with Gasteiger partial charge in [-0.2, -0.15) is 0 Å². The van der Waals surface area contributed by atoms with E-state index in [1.165, 1.54) is 5.56 Å². The minimum Gasteiger partial charge on any atom is -0.485 e. The van der Waals surface area contributed by atoms with E-state index in [0.29, 0.717) is 6.61 Å². The van der Waals surface area contributed by atoms with Gasteiger partial charge in [0.05, 0.1) is 0 Å². The molecule has 0 N–H and O–H groups in total. The molecular weight excluding hydrogens is 202 g/mol. The zero-order valence-electron chi connectivity index (χ0n) is 9.55. The number of hydrogen-bond acceptors (Lipinski definition) is 3. The van der Waals surface area contributed by atoms with Crippen molar-refractivity contribution in [3.8, 4) is 5.75 Å². The molecule has 84 valence electrons. The highest BCUT2D eigenvalue weighted by molar-refractivity contribution is 5.33. The molecule has 0 aliphatic heterocycles.